The van der Waals surface area contributed by atoms with Crippen LogP contribution in [-0.2, 0) is 6.54 Å². The van der Waals surface area contributed by atoms with E-state index in [1.807, 2.05) is 24.3 Å². The van der Waals surface area contributed by atoms with Crippen molar-refractivity contribution in [2.24, 2.45) is 0 Å². The van der Waals surface area contributed by atoms with E-state index in [1.165, 1.54) is 12.1 Å². The van der Waals surface area contributed by atoms with Crippen molar-refractivity contribution in [3.05, 3.63) is 68.4 Å². The highest BCUT2D eigenvalue weighted by atomic mass is 79.9. The number of anilines is 1. The summed E-state index contributed by atoms with van der Waals surface area (Å²) in [5.41, 5.74) is 0.558. The summed E-state index contributed by atoms with van der Waals surface area (Å²) in [5.74, 6) is -0.796. The Morgan fingerprint density at radius 1 is 1.26 bits per heavy atom. The highest BCUT2D eigenvalue weighted by Gasteiger charge is 2.16. The fourth-order valence-corrected chi connectivity index (χ4v) is 2.04. The van der Waals surface area contributed by atoms with Crippen LogP contribution in [0.3, 0.4) is 0 Å². The first-order valence-corrected chi connectivity index (χ1v) is 6.28. The monoisotopic (exact) mass is 324 g/mol. The second kappa shape index (κ2) is 5.79. The minimum absolute atomic E-state index is 0.184. The van der Waals surface area contributed by atoms with Gasteiger partial charge in [-0.2, -0.15) is 4.39 Å². The second-order valence-electron chi connectivity index (χ2n) is 3.87. The van der Waals surface area contributed by atoms with E-state index < -0.39 is 16.4 Å². The standard InChI is InChI=1S/C13H10BrFN2O2/c14-10-4-2-5-11(7-10)16-8-9-3-1-6-12(13(9)15)17(18)19/h1-7,16H,8H2. The summed E-state index contributed by atoms with van der Waals surface area (Å²) in [6.45, 7) is 0.184. The SMILES string of the molecule is O=[N+]([O-])c1cccc(CNc2cccc(Br)c2)c1F. The van der Waals surface area contributed by atoms with Crippen LogP contribution in [0.4, 0.5) is 15.8 Å². The van der Waals surface area contributed by atoms with Crippen LogP contribution in [0.15, 0.2) is 46.9 Å². The number of hydrogen-bond acceptors (Lipinski definition) is 3. The van der Waals surface area contributed by atoms with E-state index in [1.54, 1.807) is 0 Å². The molecule has 6 heteroatoms. The summed E-state index contributed by atoms with van der Waals surface area (Å²) in [6.07, 6.45) is 0. The number of hydrogen-bond donors (Lipinski definition) is 1. The molecule has 2 rings (SSSR count). The molecule has 0 radical (unpaired) electrons. The average Bonchev–Trinajstić information content (AvgIpc) is 2.37. The molecular formula is C13H10BrFN2O2. The summed E-state index contributed by atoms with van der Waals surface area (Å²) in [4.78, 5) is 9.91. The molecule has 0 aliphatic heterocycles. The van der Waals surface area contributed by atoms with Crippen molar-refractivity contribution in [2.75, 3.05) is 5.32 Å². The summed E-state index contributed by atoms with van der Waals surface area (Å²) in [5, 5.41) is 13.6. The quantitative estimate of drug-likeness (QED) is 0.680. The van der Waals surface area contributed by atoms with Gasteiger partial charge in [0.05, 0.1) is 4.92 Å². The van der Waals surface area contributed by atoms with Crippen molar-refractivity contribution in [3.63, 3.8) is 0 Å². The molecule has 1 N–H and O–H groups in total. The Morgan fingerprint density at radius 3 is 2.68 bits per heavy atom. The van der Waals surface area contributed by atoms with Crippen LogP contribution in [0.25, 0.3) is 0 Å². The van der Waals surface area contributed by atoms with Gasteiger partial charge in [-0.25, -0.2) is 0 Å². The van der Waals surface area contributed by atoms with Gasteiger partial charge in [0.25, 0.3) is 0 Å². The molecule has 0 aliphatic rings. The Labute approximate surface area is 117 Å². The molecular weight excluding hydrogens is 315 g/mol. The predicted molar refractivity (Wildman–Crippen MR) is 74.5 cm³/mol. The maximum atomic E-state index is 13.8. The number of rotatable bonds is 4. The van der Waals surface area contributed by atoms with Gasteiger partial charge < -0.3 is 5.32 Å². The summed E-state index contributed by atoms with van der Waals surface area (Å²) >= 11 is 3.33. The van der Waals surface area contributed by atoms with E-state index in [4.69, 9.17) is 0 Å². The van der Waals surface area contributed by atoms with Gasteiger partial charge in [0.2, 0.25) is 5.82 Å². The van der Waals surface area contributed by atoms with Crippen LogP contribution in [0.1, 0.15) is 5.56 Å². The number of halogens is 2. The van der Waals surface area contributed by atoms with Crippen molar-refractivity contribution in [1.29, 1.82) is 0 Å². The van der Waals surface area contributed by atoms with Crippen LogP contribution in [0.5, 0.6) is 0 Å². The smallest absolute Gasteiger partial charge is 0.305 e. The molecule has 0 unspecified atom stereocenters. The molecule has 2 aromatic rings. The molecule has 98 valence electrons. The van der Waals surface area contributed by atoms with Crippen molar-refractivity contribution >= 4 is 27.3 Å². The Kier molecular flexibility index (Phi) is 4.11. The first-order chi connectivity index (χ1) is 9.08. The van der Waals surface area contributed by atoms with Crippen molar-refractivity contribution in [2.45, 2.75) is 6.54 Å². The maximum absolute atomic E-state index is 13.8. The third-order valence-electron chi connectivity index (χ3n) is 2.56. The van der Waals surface area contributed by atoms with E-state index in [-0.39, 0.29) is 12.1 Å². The highest BCUT2D eigenvalue weighted by molar-refractivity contribution is 9.10. The minimum Gasteiger partial charge on any atom is -0.381 e. The lowest BCUT2D eigenvalue weighted by atomic mass is 10.2. The Hall–Kier alpha value is -1.95. The number of nitrogens with zero attached hydrogens (tertiary/aromatic N) is 1. The number of nitrogens with one attached hydrogen (secondary N) is 1. The molecule has 0 atom stereocenters. The largest absolute Gasteiger partial charge is 0.381 e. The Balaban J connectivity index is 2.16. The van der Waals surface area contributed by atoms with Crippen LogP contribution in [0.2, 0.25) is 0 Å². The molecule has 4 nitrogen and oxygen atoms in total. The second-order valence-corrected chi connectivity index (χ2v) is 4.79. The normalized spacial score (nSPS) is 10.2. The first-order valence-electron chi connectivity index (χ1n) is 5.49. The lowest BCUT2D eigenvalue weighted by Gasteiger charge is -2.07. The number of nitro groups is 1. The van der Waals surface area contributed by atoms with Gasteiger partial charge in [-0.15, -0.1) is 0 Å². The molecule has 0 bridgehead atoms. The van der Waals surface area contributed by atoms with Crippen molar-refractivity contribution < 1.29 is 9.31 Å². The molecule has 0 heterocycles. The molecule has 0 saturated heterocycles. The fraction of sp³-hybridized carbons (Fsp3) is 0.0769. The first kappa shape index (κ1) is 13.5. The van der Waals surface area contributed by atoms with Gasteiger partial charge in [0.1, 0.15) is 0 Å². The van der Waals surface area contributed by atoms with Gasteiger partial charge in [-0.05, 0) is 18.2 Å². The van der Waals surface area contributed by atoms with Crippen molar-refractivity contribution in [1.82, 2.24) is 0 Å². The van der Waals surface area contributed by atoms with Crippen molar-refractivity contribution in [3.8, 4) is 0 Å². The number of nitro benzene ring substituents is 1. The van der Waals surface area contributed by atoms with E-state index in [0.29, 0.717) is 0 Å². The highest BCUT2D eigenvalue weighted by Crippen LogP contribution is 2.22. The minimum atomic E-state index is -0.796. The van der Waals surface area contributed by atoms with Crippen LogP contribution >= 0.6 is 15.9 Å². The van der Waals surface area contributed by atoms with E-state index >= 15 is 0 Å². The lowest BCUT2D eigenvalue weighted by Crippen LogP contribution is -2.04. The van der Waals surface area contributed by atoms with E-state index in [2.05, 4.69) is 21.2 Å². The lowest BCUT2D eigenvalue weighted by molar-refractivity contribution is -0.387. The zero-order valence-corrected chi connectivity index (χ0v) is 11.4. The van der Waals surface area contributed by atoms with Gasteiger partial charge in [0.15, 0.2) is 0 Å². The zero-order chi connectivity index (χ0) is 13.8. The Morgan fingerprint density at radius 2 is 2.00 bits per heavy atom. The molecule has 0 saturated carbocycles. The van der Waals surface area contributed by atoms with Crippen LogP contribution < -0.4 is 5.32 Å². The number of benzene rings is 2. The van der Waals surface area contributed by atoms with Crippen LogP contribution in [-0.4, -0.2) is 4.92 Å². The summed E-state index contributed by atoms with van der Waals surface area (Å²) < 4.78 is 14.7. The fourth-order valence-electron chi connectivity index (χ4n) is 1.64. The third-order valence-corrected chi connectivity index (χ3v) is 3.06. The molecule has 0 amide bonds. The van der Waals surface area contributed by atoms with Gasteiger partial charge in [0, 0.05) is 28.3 Å². The molecule has 0 aliphatic carbocycles. The topological polar surface area (TPSA) is 55.2 Å². The summed E-state index contributed by atoms with van der Waals surface area (Å²) in [6, 6.07) is 11.5. The maximum Gasteiger partial charge on any atom is 0.305 e. The molecule has 19 heavy (non-hydrogen) atoms. The van der Waals surface area contributed by atoms with Gasteiger partial charge in [-0.3, -0.25) is 10.1 Å². The van der Waals surface area contributed by atoms with E-state index in [9.17, 15) is 14.5 Å². The molecule has 0 aromatic heterocycles. The van der Waals surface area contributed by atoms with Crippen LogP contribution in [0, 0.1) is 15.9 Å². The summed E-state index contributed by atoms with van der Waals surface area (Å²) in [7, 11) is 0. The average molecular weight is 325 g/mol. The Bertz CT molecular complexity index is 619. The molecule has 2 aromatic carbocycles. The zero-order valence-electron chi connectivity index (χ0n) is 9.77. The van der Waals surface area contributed by atoms with Gasteiger partial charge >= 0.3 is 5.69 Å². The predicted octanol–water partition coefficient (Wildman–Crippen LogP) is 4.11. The van der Waals surface area contributed by atoms with Gasteiger partial charge in [-0.1, -0.05) is 34.1 Å². The molecule has 0 spiro atoms. The molecule has 0 fully saturated rings. The third kappa shape index (κ3) is 3.29. The van der Waals surface area contributed by atoms with E-state index in [0.717, 1.165) is 16.2 Å².